The molecule has 0 unspecified atom stereocenters. The third-order valence-corrected chi connectivity index (χ3v) is 1.22. The van der Waals surface area contributed by atoms with Crippen molar-refractivity contribution in [1.82, 2.24) is 10.5 Å². The van der Waals surface area contributed by atoms with Gasteiger partial charge in [0.15, 0.2) is 0 Å². The zero-order chi connectivity index (χ0) is 11.2. The van der Waals surface area contributed by atoms with Gasteiger partial charge in [0.1, 0.15) is 6.26 Å². The molecule has 0 aliphatic rings. The largest absolute Gasteiger partial charge is 0.364 e. The highest BCUT2D eigenvalue weighted by Crippen LogP contribution is 1.92. The lowest BCUT2D eigenvalue weighted by Crippen LogP contribution is -2.13. The minimum atomic E-state index is 0.810. The Morgan fingerprint density at radius 3 is 2.36 bits per heavy atom. The molecule has 3 nitrogen and oxygen atoms in total. The van der Waals surface area contributed by atoms with E-state index in [1.807, 2.05) is 33.8 Å². The Bertz CT molecular complexity index is 162. The Hall–Kier alpha value is -0.830. The summed E-state index contributed by atoms with van der Waals surface area (Å²) in [6, 6.07) is 1.86. The fraction of sp³-hybridized carbons (Fsp3) is 0.727. The molecule has 1 N–H and O–H groups in total. The van der Waals surface area contributed by atoms with E-state index in [0.29, 0.717) is 0 Å². The van der Waals surface area contributed by atoms with Gasteiger partial charge in [-0.2, -0.15) is 0 Å². The predicted octanol–water partition coefficient (Wildman–Crippen LogP) is 3.23. The number of aromatic nitrogens is 1. The van der Waals surface area contributed by atoms with Crippen molar-refractivity contribution in [2.45, 2.75) is 47.6 Å². The van der Waals surface area contributed by atoms with E-state index in [4.69, 9.17) is 0 Å². The van der Waals surface area contributed by atoms with Crippen molar-refractivity contribution in [2.75, 3.05) is 6.54 Å². The van der Waals surface area contributed by atoms with Gasteiger partial charge in [0.25, 0.3) is 0 Å². The van der Waals surface area contributed by atoms with Crippen molar-refractivity contribution >= 4 is 0 Å². The van der Waals surface area contributed by atoms with Crippen LogP contribution in [0.3, 0.4) is 0 Å². The zero-order valence-electron chi connectivity index (χ0n) is 10.1. The Kier molecular flexibility index (Phi) is 16.4. The fourth-order valence-electron chi connectivity index (χ4n) is 0.722. The van der Waals surface area contributed by atoms with Gasteiger partial charge in [-0.3, -0.25) is 0 Å². The quantitative estimate of drug-likeness (QED) is 0.758. The maximum atomic E-state index is 4.66. The summed E-state index contributed by atoms with van der Waals surface area (Å²) in [5, 5.41) is 6.97. The van der Waals surface area contributed by atoms with E-state index >= 15 is 0 Å². The van der Waals surface area contributed by atoms with Gasteiger partial charge in [-0.15, -0.1) is 0 Å². The molecule has 0 spiro atoms. The molecule has 0 amide bonds. The average molecular weight is 200 g/mol. The first-order chi connectivity index (χ1) is 6.93. The molecule has 0 saturated carbocycles. The van der Waals surface area contributed by atoms with Gasteiger partial charge in [0.2, 0.25) is 0 Å². The van der Waals surface area contributed by atoms with Gasteiger partial charge < -0.3 is 9.84 Å². The van der Waals surface area contributed by atoms with E-state index in [1.54, 1.807) is 6.26 Å². The van der Waals surface area contributed by atoms with Crippen molar-refractivity contribution in [3.8, 4) is 0 Å². The van der Waals surface area contributed by atoms with E-state index in [9.17, 15) is 0 Å². The van der Waals surface area contributed by atoms with Crippen LogP contribution in [0.2, 0.25) is 0 Å². The second-order valence-corrected chi connectivity index (χ2v) is 2.17. The molecule has 0 aliphatic carbocycles. The summed E-state index contributed by atoms with van der Waals surface area (Å²) in [6.07, 6.45) is 2.74. The number of nitrogens with one attached hydrogen (secondary N) is 1. The number of nitrogens with zero attached hydrogens (tertiary/aromatic N) is 1. The molecular formula is C11H24N2O. The minimum Gasteiger partial charge on any atom is -0.364 e. The molecule has 0 aromatic carbocycles. The Balaban J connectivity index is 0. The Morgan fingerprint density at radius 2 is 1.93 bits per heavy atom. The van der Waals surface area contributed by atoms with Gasteiger partial charge in [-0.1, -0.05) is 39.8 Å². The fourth-order valence-corrected chi connectivity index (χ4v) is 0.722. The molecule has 1 rings (SSSR count). The number of hydrogen-bond donors (Lipinski definition) is 1. The van der Waals surface area contributed by atoms with Crippen molar-refractivity contribution < 1.29 is 4.52 Å². The van der Waals surface area contributed by atoms with Crippen LogP contribution in [-0.4, -0.2) is 11.7 Å². The van der Waals surface area contributed by atoms with Gasteiger partial charge >= 0.3 is 0 Å². The van der Waals surface area contributed by atoms with Crippen LogP contribution in [0.15, 0.2) is 16.9 Å². The Labute approximate surface area is 87.9 Å². The molecule has 1 aromatic rings. The second kappa shape index (κ2) is 14.7. The van der Waals surface area contributed by atoms with Crippen LogP contribution >= 0.6 is 0 Å². The summed E-state index contributed by atoms with van der Waals surface area (Å²) in [7, 11) is 0. The minimum absolute atomic E-state index is 0.810. The molecule has 14 heavy (non-hydrogen) atoms. The van der Waals surface area contributed by atoms with Crippen LogP contribution in [0, 0.1) is 0 Å². The van der Waals surface area contributed by atoms with Crippen LogP contribution < -0.4 is 5.32 Å². The van der Waals surface area contributed by atoms with Crippen LogP contribution in [-0.2, 0) is 6.54 Å². The highest BCUT2D eigenvalue weighted by atomic mass is 16.5. The first-order valence-corrected chi connectivity index (χ1v) is 5.53. The van der Waals surface area contributed by atoms with E-state index < -0.39 is 0 Å². The summed E-state index contributed by atoms with van der Waals surface area (Å²) < 4.78 is 4.66. The van der Waals surface area contributed by atoms with Gasteiger partial charge in [-0.25, -0.2) is 0 Å². The van der Waals surface area contributed by atoms with Crippen molar-refractivity contribution in [2.24, 2.45) is 0 Å². The standard InChI is InChI=1S/C7H12N2O.2C2H6/c1-2-4-8-6-7-3-5-10-9-7;2*1-2/h3,5,8H,2,4,6H2,1H3;2*1-2H3. The normalized spacial score (nSPS) is 8.07. The first kappa shape index (κ1) is 15.6. The molecule has 84 valence electrons. The van der Waals surface area contributed by atoms with Crippen molar-refractivity contribution in [3.63, 3.8) is 0 Å². The molecule has 1 aromatic heterocycles. The molecule has 0 atom stereocenters. The monoisotopic (exact) mass is 200 g/mol. The van der Waals surface area contributed by atoms with E-state index in [1.165, 1.54) is 0 Å². The van der Waals surface area contributed by atoms with E-state index in [2.05, 4.69) is 21.9 Å². The highest BCUT2D eigenvalue weighted by molar-refractivity contribution is 4.93. The summed E-state index contributed by atoms with van der Waals surface area (Å²) in [5.74, 6) is 0. The van der Waals surface area contributed by atoms with Crippen LogP contribution in [0.5, 0.6) is 0 Å². The summed E-state index contributed by atoms with van der Waals surface area (Å²) >= 11 is 0. The molecule has 0 fully saturated rings. The van der Waals surface area contributed by atoms with Crippen LogP contribution in [0.1, 0.15) is 46.7 Å². The van der Waals surface area contributed by atoms with Gasteiger partial charge in [-0.05, 0) is 13.0 Å². The van der Waals surface area contributed by atoms with Gasteiger partial charge in [0, 0.05) is 12.6 Å². The second-order valence-electron chi connectivity index (χ2n) is 2.17. The lowest BCUT2D eigenvalue weighted by atomic mass is 10.4. The lowest BCUT2D eigenvalue weighted by Gasteiger charge is -1.96. The lowest BCUT2D eigenvalue weighted by molar-refractivity contribution is 0.408. The Morgan fingerprint density at radius 1 is 1.29 bits per heavy atom. The van der Waals surface area contributed by atoms with Crippen LogP contribution in [0.4, 0.5) is 0 Å². The third kappa shape index (κ3) is 9.26. The molecular weight excluding hydrogens is 176 g/mol. The maximum absolute atomic E-state index is 4.66. The SMILES string of the molecule is CC.CC.CCCNCc1ccon1. The summed E-state index contributed by atoms with van der Waals surface area (Å²) in [5.41, 5.74) is 0.966. The molecule has 0 radical (unpaired) electrons. The molecule has 0 aliphatic heterocycles. The molecule has 0 saturated heterocycles. The predicted molar refractivity (Wildman–Crippen MR) is 61.2 cm³/mol. The van der Waals surface area contributed by atoms with Crippen molar-refractivity contribution in [3.05, 3.63) is 18.0 Å². The smallest absolute Gasteiger partial charge is 0.124 e. The van der Waals surface area contributed by atoms with E-state index in [0.717, 1.165) is 25.2 Å². The van der Waals surface area contributed by atoms with E-state index in [-0.39, 0.29) is 0 Å². The first-order valence-electron chi connectivity index (χ1n) is 5.53. The third-order valence-electron chi connectivity index (χ3n) is 1.22. The zero-order valence-corrected chi connectivity index (χ0v) is 10.1. The van der Waals surface area contributed by atoms with Crippen LogP contribution in [0.25, 0.3) is 0 Å². The molecule has 1 heterocycles. The summed E-state index contributed by atoms with van der Waals surface area (Å²) in [4.78, 5) is 0. The highest BCUT2D eigenvalue weighted by Gasteiger charge is 1.92. The van der Waals surface area contributed by atoms with Gasteiger partial charge in [0.05, 0.1) is 5.69 Å². The maximum Gasteiger partial charge on any atom is 0.124 e. The average Bonchev–Trinajstić information content (AvgIpc) is 2.77. The number of rotatable bonds is 4. The number of hydrogen-bond acceptors (Lipinski definition) is 3. The topological polar surface area (TPSA) is 38.1 Å². The molecule has 0 bridgehead atoms. The molecule has 3 heteroatoms. The van der Waals surface area contributed by atoms with Crippen molar-refractivity contribution in [1.29, 1.82) is 0 Å². The summed E-state index contributed by atoms with van der Waals surface area (Å²) in [6.45, 7) is 12.0.